The Balaban J connectivity index is 1.59. The van der Waals surface area contributed by atoms with E-state index in [1.807, 2.05) is 0 Å². The van der Waals surface area contributed by atoms with Crippen LogP contribution in [-0.2, 0) is 16.0 Å². The molecule has 28 heavy (non-hydrogen) atoms. The summed E-state index contributed by atoms with van der Waals surface area (Å²) in [5.74, 6) is -1.65. The first-order chi connectivity index (χ1) is 13.5. The van der Waals surface area contributed by atoms with Gasteiger partial charge < -0.3 is 21.1 Å². The molecule has 2 heterocycles. The molecule has 1 fully saturated rings. The number of carboxylic acids is 1. The molecule has 2 amide bonds. The van der Waals surface area contributed by atoms with E-state index in [0.717, 1.165) is 18.5 Å². The van der Waals surface area contributed by atoms with Gasteiger partial charge in [-0.1, -0.05) is 12.1 Å². The highest BCUT2D eigenvalue weighted by Crippen LogP contribution is 2.13. The monoisotopic (exact) mass is 382 g/mol. The molecule has 3 rings (SSSR count). The molecule has 1 saturated heterocycles. The maximum Gasteiger partial charge on any atom is 0.326 e. The highest BCUT2D eigenvalue weighted by molar-refractivity contribution is 6.04. The van der Waals surface area contributed by atoms with Crippen LogP contribution in [0.15, 0.2) is 48.8 Å². The molecule has 2 atom stereocenters. The lowest BCUT2D eigenvalue weighted by atomic mass is 10.0. The second-order valence-electron chi connectivity index (χ2n) is 6.65. The van der Waals surface area contributed by atoms with Gasteiger partial charge in [-0.05, 0) is 49.2 Å². The Morgan fingerprint density at radius 1 is 1.21 bits per heavy atom. The van der Waals surface area contributed by atoms with Crippen molar-refractivity contribution in [3.05, 3.63) is 59.9 Å². The molecular formula is C20H22N4O4. The zero-order valence-electron chi connectivity index (χ0n) is 15.2. The van der Waals surface area contributed by atoms with Crippen molar-refractivity contribution in [3.8, 4) is 0 Å². The quantitative estimate of drug-likeness (QED) is 0.571. The lowest BCUT2D eigenvalue weighted by molar-refractivity contribution is -0.142. The number of hydrogen-bond donors (Lipinski definition) is 4. The van der Waals surface area contributed by atoms with Crippen LogP contribution in [0.25, 0.3) is 0 Å². The minimum atomic E-state index is -1.08. The zero-order chi connectivity index (χ0) is 19.9. The molecule has 1 aromatic carbocycles. The van der Waals surface area contributed by atoms with Crippen LogP contribution in [0.3, 0.4) is 0 Å². The average Bonchev–Trinajstić information content (AvgIpc) is 3.24. The van der Waals surface area contributed by atoms with Crippen LogP contribution in [0.5, 0.6) is 0 Å². The SMILES string of the molecule is O=C(Nc1ccc(C[C@H](NC(=O)[C@@H]2CCCN2)C(=O)O)cc1)c1cccnc1. The fourth-order valence-electron chi connectivity index (χ4n) is 3.04. The molecular weight excluding hydrogens is 360 g/mol. The number of aliphatic carboxylic acids is 1. The van der Waals surface area contributed by atoms with Gasteiger partial charge in [0, 0.05) is 24.5 Å². The molecule has 146 valence electrons. The summed E-state index contributed by atoms with van der Waals surface area (Å²) in [6.45, 7) is 0.766. The summed E-state index contributed by atoms with van der Waals surface area (Å²) in [6, 6.07) is 8.86. The maximum atomic E-state index is 12.2. The van der Waals surface area contributed by atoms with Crippen molar-refractivity contribution in [2.45, 2.75) is 31.3 Å². The van der Waals surface area contributed by atoms with Gasteiger partial charge in [0.15, 0.2) is 0 Å². The topological polar surface area (TPSA) is 120 Å². The van der Waals surface area contributed by atoms with Crippen molar-refractivity contribution in [2.24, 2.45) is 0 Å². The van der Waals surface area contributed by atoms with Crippen LogP contribution in [-0.4, -0.2) is 46.5 Å². The van der Waals surface area contributed by atoms with Crippen molar-refractivity contribution >= 4 is 23.5 Å². The van der Waals surface area contributed by atoms with E-state index in [1.54, 1.807) is 42.6 Å². The third kappa shape index (κ3) is 5.14. The number of hydrogen-bond acceptors (Lipinski definition) is 5. The standard InChI is InChI=1S/C20H22N4O4/c25-18(14-3-1-9-21-12-14)23-15-7-5-13(6-8-15)11-17(20(27)28)24-19(26)16-4-2-10-22-16/h1,3,5-9,12,16-17,22H,2,4,10-11H2,(H,23,25)(H,24,26)(H,27,28)/t16-,17-/m0/s1. The second kappa shape index (κ2) is 9.09. The zero-order valence-corrected chi connectivity index (χ0v) is 15.2. The number of benzene rings is 1. The molecule has 1 aliphatic heterocycles. The molecule has 0 saturated carbocycles. The third-order valence-corrected chi connectivity index (χ3v) is 4.57. The summed E-state index contributed by atoms with van der Waals surface area (Å²) in [6.07, 6.45) is 4.84. The molecule has 1 aliphatic rings. The Kier molecular flexibility index (Phi) is 6.33. The van der Waals surface area contributed by atoms with Gasteiger partial charge in [-0.25, -0.2) is 4.79 Å². The number of rotatable bonds is 7. The Hall–Kier alpha value is -3.26. The van der Waals surface area contributed by atoms with Crippen LogP contribution >= 0.6 is 0 Å². The van der Waals surface area contributed by atoms with Crippen molar-refractivity contribution in [2.75, 3.05) is 11.9 Å². The summed E-state index contributed by atoms with van der Waals surface area (Å²) in [5, 5.41) is 17.8. The summed E-state index contributed by atoms with van der Waals surface area (Å²) in [7, 11) is 0. The van der Waals surface area contributed by atoms with Crippen LogP contribution < -0.4 is 16.0 Å². The predicted octanol–water partition coefficient (Wildman–Crippen LogP) is 1.20. The molecule has 0 bridgehead atoms. The summed E-state index contributed by atoms with van der Waals surface area (Å²) in [5.41, 5.74) is 1.77. The summed E-state index contributed by atoms with van der Waals surface area (Å²) in [4.78, 5) is 39.7. The smallest absolute Gasteiger partial charge is 0.326 e. The number of amides is 2. The van der Waals surface area contributed by atoms with Crippen LogP contribution in [0.1, 0.15) is 28.8 Å². The number of nitrogens with one attached hydrogen (secondary N) is 3. The van der Waals surface area contributed by atoms with E-state index in [9.17, 15) is 19.5 Å². The first-order valence-corrected chi connectivity index (χ1v) is 9.10. The number of carbonyl (C=O) groups excluding carboxylic acids is 2. The van der Waals surface area contributed by atoms with Crippen LogP contribution in [0, 0.1) is 0 Å². The molecule has 4 N–H and O–H groups in total. The second-order valence-corrected chi connectivity index (χ2v) is 6.65. The molecule has 2 aromatic rings. The van der Waals surface area contributed by atoms with Gasteiger partial charge in [0.2, 0.25) is 5.91 Å². The minimum absolute atomic E-state index is 0.157. The van der Waals surface area contributed by atoms with E-state index in [-0.39, 0.29) is 24.3 Å². The van der Waals surface area contributed by atoms with Crippen molar-refractivity contribution < 1.29 is 19.5 Å². The van der Waals surface area contributed by atoms with Gasteiger partial charge in [0.25, 0.3) is 5.91 Å². The predicted molar refractivity (Wildman–Crippen MR) is 103 cm³/mol. The third-order valence-electron chi connectivity index (χ3n) is 4.57. The fourth-order valence-corrected chi connectivity index (χ4v) is 3.04. The van der Waals surface area contributed by atoms with Gasteiger partial charge in [0.1, 0.15) is 6.04 Å². The van der Waals surface area contributed by atoms with E-state index in [2.05, 4.69) is 20.9 Å². The first kappa shape index (κ1) is 19.5. The highest BCUT2D eigenvalue weighted by atomic mass is 16.4. The van der Waals surface area contributed by atoms with Crippen LogP contribution in [0.2, 0.25) is 0 Å². The van der Waals surface area contributed by atoms with Gasteiger partial charge >= 0.3 is 5.97 Å². The van der Waals surface area contributed by atoms with Crippen molar-refractivity contribution in [1.82, 2.24) is 15.6 Å². The summed E-state index contributed by atoms with van der Waals surface area (Å²) < 4.78 is 0. The Bertz CT molecular complexity index is 833. The highest BCUT2D eigenvalue weighted by Gasteiger charge is 2.27. The minimum Gasteiger partial charge on any atom is -0.480 e. The number of nitrogens with zero attached hydrogens (tertiary/aromatic N) is 1. The fraction of sp³-hybridized carbons (Fsp3) is 0.300. The number of carbonyl (C=O) groups is 3. The lowest BCUT2D eigenvalue weighted by Crippen LogP contribution is -2.49. The molecule has 0 spiro atoms. The number of aromatic nitrogens is 1. The average molecular weight is 382 g/mol. The van der Waals surface area contributed by atoms with E-state index < -0.39 is 12.0 Å². The summed E-state index contributed by atoms with van der Waals surface area (Å²) >= 11 is 0. The molecule has 8 heteroatoms. The van der Waals surface area contributed by atoms with E-state index in [1.165, 1.54) is 6.20 Å². The Morgan fingerprint density at radius 2 is 2.00 bits per heavy atom. The van der Waals surface area contributed by atoms with Crippen LogP contribution in [0.4, 0.5) is 5.69 Å². The number of carboxylic acid groups (broad SMARTS) is 1. The molecule has 8 nitrogen and oxygen atoms in total. The van der Waals surface area contributed by atoms with Crippen molar-refractivity contribution in [3.63, 3.8) is 0 Å². The van der Waals surface area contributed by atoms with Gasteiger partial charge in [-0.3, -0.25) is 14.6 Å². The van der Waals surface area contributed by atoms with E-state index >= 15 is 0 Å². The largest absolute Gasteiger partial charge is 0.480 e. The van der Waals surface area contributed by atoms with E-state index in [0.29, 0.717) is 17.7 Å². The van der Waals surface area contributed by atoms with Gasteiger partial charge in [-0.2, -0.15) is 0 Å². The van der Waals surface area contributed by atoms with Gasteiger partial charge in [0.05, 0.1) is 11.6 Å². The van der Waals surface area contributed by atoms with E-state index in [4.69, 9.17) is 0 Å². The maximum absolute atomic E-state index is 12.2. The normalized spacial score (nSPS) is 16.9. The molecule has 1 aromatic heterocycles. The molecule has 0 aliphatic carbocycles. The Morgan fingerprint density at radius 3 is 2.61 bits per heavy atom. The number of pyridine rings is 1. The van der Waals surface area contributed by atoms with Crippen molar-refractivity contribution in [1.29, 1.82) is 0 Å². The number of anilines is 1. The molecule has 0 radical (unpaired) electrons. The lowest BCUT2D eigenvalue weighted by Gasteiger charge is -2.18. The first-order valence-electron chi connectivity index (χ1n) is 9.10. The molecule has 0 unspecified atom stereocenters. The van der Waals surface area contributed by atoms with Gasteiger partial charge in [-0.15, -0.1) is 0 Å². The Labute approximate surface area is 162 Å².